The summed E-state index contributed by atoms with van der Waals surface area (Å²) in [4.78, 5) is 25.4. The molecule has 1 aromatic carbocycles. The van der Waals surface area contributed by atoms with Gasteiger partial charge in [-0.2, -0.15) is 0 Å². The van der Waals surface area contributed by atoms with Crippen LogP contribution in [0.25, 0.3) is 0 Å². The third-order valence-corrected chi connectivity index (χ3v) is 5.70. The number of nitrogens with zero attached hydrogens (tertiary/aromatic N) is 1. The van der Waals surface area contributed by atoms with E-state index < -0.39 is 42.7 Å². The first kappa shape index (κ1) is 19.0. The molecule has 28 heavy (non-hydrogen) atoms. The summed E-state index contributed by atoms with van der Waals surface area (Å²) >= 11 is 0. The molecule has 0 radical (unpaired) electrons. The Morgan fingerprint density at radius 2 is 2.07 bits per heavy atom. The van der Waals surface area contributed by atoms with E-state index in [4.69, 9.17) is 15.1 Å². The predicted octanol–water partition coefficient (Wildman–Crippen LogP) is -1.14. The van der Waals surface area contributed by atoms with Crippen molar-refractivity contribution in [2.45, 2.75) is 36.7 Å². The second kappa shape index (κ2) is 6.08. The van der Waals surface area contributed by atoms with Crippen molar-refractivity contribution in [3.05, 3.63) is 23.3 Å². The molecule has 4 rings (SSSR count). The molecule has 3 atom stereocenters. The zero-order valence-corrected chi connectivity index (χ0v) is 15.2. The van der Waals surface area contributed by atoms with Crippen LogP contribution in [0.3, 0.4) is 0 Å². The normalized spacial score (nSPS) is 26.8. The molecule has 1 saturated heterocycles. The number of hydrogen-bond donors (Lipinski definition) is 5. The van der Waals surface area contributed by atoms with Crippen LogP contribution < -0.4 is 15.1 Å². The lowest BCUT2D eigenvalue weighted by Crippen LogP contribution is -2.64. The molecule has 1 aromatic rings. The number of aromatic carboxylic acids is 1. The number of carbonyl (C=O) groups excluding carboxylic acids is 1. The van der Waals surface area contributed by atoms with Crippen LogP contribution in [0.15, 0.2) is 12.1 Å². The molecule has 2 fully saturated rings. The first-order valence-electron chi connectivity index (χ1n) is 9.09. The maximum atomic E-state index is 12.2. The zero-order valence-electron chi connectivity index (χ0n) is 15.2. The summed E-state index contributed by atoms with van der Waals surface area (Å²) in [5.41, 5.74) is 4.71. The highest BCUT2D eigenvalue weighted by atomic mass is 16.6. The predicted molar refractivity (Wildman–Crippen MR) is 96.0 cm³/mol. The highest BCUT2D eigenvalue weighted by Crippen LogP contribution is 2.63. The number of carboxylic acid groups (broad SMARTS) is 1. The summed E-state index contributed by atoms with van der Waals surface area (Å²) < 4.78 is 11.0. The lowest BCUT2D eigenvalue weighted by molar-refractivity contribution is -0.146. The summed E-state index contributed by atoms with van der Waals surface area (Å²) in [6.45, 7) is -1.78. The standard InChI is InChI=1S/C17H22BN2O8/c1-17(19,7-21)16(24)20-5-8(6-20)27-12-3-2-9-10-4-11(10)18(25,26)28-14(9)13(12)15(22)23/h2-3,8,10-11,21,25-26H,4-7,19H2,1H3,(H,22,23)/q-1/t10-,11-,17-/m0/s1. The molecule has 1 aliphatic carbocycles. The fourth-order valence-corrected chi connectivity index (χ4v) is 3.90. The van der Waals surface area contributed by atoms with Gasteiger partial charge in [-0.3, -0.25) is 4.79 Å². The van der Waals surface area contributed by atoms with Crippen LogP contribution in [0.4, 0.5) is 0 Å². The number of fused-ring (bicyclic) bond motifs is 3. The maximum Gasteiger partial charge on any atom is 0.434 e. The molecule has 0 unspecified atom stereocenters. The number of rotatable bonds is 5. The van der Waals surface area contributed by atoms with Gasteiger partial charge in [0.1, 0.15) is 23.0 Å². The van der Waals surface area contributed by atoms with Gasteiger partial charge < -0.3 is 40.3 Å². The molecule has 2 heterocycles. The van der Waals surface area contributed by atoms with Crippen molar-refractivity contribution in [2.75, 3.05) is 19.7 Å². The van der Waals surface area contributed by atoms with Gasteiger partial charge in [0.15, 0.2) is 0 Å². The SMILES string of the molecule is C[C@](N)(CO)C(=O)N1CC(Oc2ccc3c(c2C(=O)O)O[B-](O)(O)[C@H]2C[C@@H]32)C1. The van der Waals surface area contributed by atoms with Gasteiger partial charge in [-0.25, -0.2) is 4.79 Å². The minimum absolute atomic E-state index is 0.0340. The number of benzene rings is 1. The minimum Gasteiger partial charge on any atom is -0.669 e. The number of hydrogen-bond acceptors (Lipinski definition) is 8. The number of carboxylic acids is 1. The topological polar surface area (TPSA) is 163 Å². The summed E-state index contributed by atoms with van der Waals surface area (Å²) in [7, 11) is 0. The fourth-order valence-electron chi connectivity index (χ4n) is 3.90. The Labute approximate surface area is 160 Å². The molecule has 2 aliphatic heterocycles. The summed E-state index contributed by atoms with van der Waals surface area (Å²) in [6, 6.07) is 3.21. The van der Waals surface area contributed by atoms with E-state index in [9.17, 15) is 29.9 Å². The number of carbonyl (C=O) groups is 2. The molecule has 1 amide bonds. The van der Waals surface area contributed by atoms with Crippen molar-refractivity contribution in [3.8, 4) is 11.5 Å². The zero-order chi connectivity index (χ0) is 20.4. The van der Waals surface area contributed by atoms with Crippen LogP contribution in [0.2, 0.25) is 5.82 Å². The van der Waals surface area contributed by atoms with Crippen LogP contribution in [-0.4, -0.2) is 75.1 Å². The quantitative estimate of drug-likeness (QED) is 0.389. The van der Waals surface area contributed by atoms with E-state index in [0.717, 1.165) is 0 Å². The lowest BCUT2D eigenvalue weighted by atomic mass is 9.68. The number of nitrogens with two attached hydrogens (primary N) is 1. The van der Waals surface area contributed by atoms with Crippen LogP contribution in [-0.2, 0) is 4.79 Å². The first-order valence-corrected chi connectivity index (χ1v) is 9.09. The van der Waals surface area contributed by atoms with Gasteiger partial charge in [-0.1, -0.05) is 18.3 Å². The van der Waals surface area contributed by atoms with E-state index in [1.165, 1.54) is 17.9 Å². The van der Waals surface area contributed by atoms with Crippen LogP contribution in [0, 0.1) is 0 Å². The van der Waals surface area contributed by atoms with E-state index in [2.05, 4.69) is 0 Å². The molecule has 3 aliphatic rings. The number of amides is 1. The molecule has 0 aromatic heterocycles. The average Bonchev–Trinajstić information content (AvgIpc) is 3.38. The van der Waals surface area contributed by atoms with Gasteiger partial charge in [-0.15, -0.1) is 0 Å². The van der Waals surface area contributed by atoms with Crippen molar-refractivity contribution in [2.24, 2.45) is 5.73 Å². The number of aliphatic hydroxyl groups is 1. The van der Waals surface area contributed by atoms with Crippen LogP contribution in [0.5, 0.6) is 11.5 Å². The summed E-state index contributed by atoms with van der Waals surface area (Å²) in [5, 5.41) is 38.9. The Bertz CT molecular complexity index is 852. The smallest absolute Gasteiger partial charge is 0.434 e. The van der Waals surface area contributed by atoms with Crippen molar-refractivity contribution in [1.82, 2.24) is 4.90 Å². The molecule has 0 spiro atoms. The van der Waals surface area contributed by atoms with E-state index in [-0.39, 0.29) is 36.1 Å². The molecular weight excluding hydrogens is 371 g/mol. The molecular formula is C17H22BN2O8-. The largest absolute Gasteiger partial charge is 0.669 e. The Morgan fingerprint density at radius 3 is 2.68 bits per heavy atom. The molecule has 1 saturated carbocycles. The van der Waals surface area contributed by atoms with Gasteiger partial charge in [0.05, 0.1) is 25.4 Å². The van der Waals surface area contributed by atoms with Crippen molar-refractivity contribution in [3.63, 3.8) is 0 Å². The Morgan fingerprint density at radius 1 is 1.39 bits per heavy atom. The molecule has 11 heteroatoms. The number of likely N-dealkylation sites (tertiary alicyclic amines) is 1. The Hall–Kier alpha value is -2.34. The van der Waals surface area contributed by atoms with Gasteiger partial charge in [0.25, 0.3) is 0 Å². The van der Waals surface area contributed by atoms with E-state index in [1.54, 1.807) is 6.07 Å². The molecule has 152 valence electrons. The van der Waals surface area contributed by atoms with Crippen LogP contribution >= 0.6 is 0 Å². The van der Waals surface area contributed by atoms with Crippen molar-refractivity contribution < 1.29 is 39.2 Å². The van der Waals surface area contributed by atoms with E-state index >= 15 is 0 Å². The lowest BCUT2D eigenvalue weighted by Gasteiger charge is -2.42. The minimum atomic E-state index is -3.11. The van der Waals surface area contributed by atoms with Crippen molar-refractivity contribution in [1.29, 1.82) is 0 Å². The first-order chi connectivity index (χ1) is 13.0. The van der Waals surface area contributed by atoms with Gasteiger partial charge in [0, 0.05) is 0 Å². The van der Waals surface area contributed by atoms with E-state index in [0.29, 0.717) is 12.0 Å². The molecule has 0 bridgehead atoms. The summed E-state index contributed by atoms with van der Waals surface area (Å²) in [6.07, 6.45) is 0.0761. The van der Waals surface area contributed by atoms with Crippen LogP contribution in [0.1, 0.15) is 35.2 Å². The molecule has 10 nitrogen and oxygen atoms in total. The van der Waals surface area contributed by atoms with Gasteiger partial charge in [0.2, 0.25) is 5.91 Å². The third-order valence-electron chi connectivity index (χ3n) is 5.70. The van der Waals surface area contributed by atoms with E-state index in [1.807, 2.05) is 0 Å². The van der Waals surface area contributed by atoms with Gasteiger partial charge >= 0.3 is 12.7 Å². The van der Waals surface area contributed by atoms with Gasteiger partial charge in [-0.05, 0) is 24.5 Å². The highest BCUT2D eigenvalue weighted by Gasteiger charge is 2.55. The number of aliphatic hydroxyl groups excluding tert-OH is 1. The van der Waals surface area contributed by atoms with Crippen molar-refractivity contribution >= 4 is 18.6 Å². The Balaban J connectivity index is 1.53. The maximum absolute atomic E-state index is 12.2. The molecule has 6 N–H and O–H groups in total. The summed E-state index contributed by atoms with van der Waals surface area (Å²) in [5.74, 6) is -2.32. The fraction of sp³-hybridized carbons (Fsp3) is 0.529. The number of ether oxygens (including phenoxy) is 1. The Kier molecular flexibility index (Phi) is 4.13. The average molecular weight is 393 g/mol. The second-order valence-corrected chi connectivity index (χ2v) is 8.07. The second-order valence-electron chi connectivity index (χ2n) is 8.07. The monoisotopic (exact) mass is 393 g/mol. The highest BCUT2D eigenvalue weighted by molar-refractivity contribution is 6.62. The third kappa shape index (κ3) is 2.91.